The summed E-state index contributed by atoms with van der Waals surface area (Å²) in [5.41, 5.74) is 0.799. The van der Waals surface area contributed by atoms with E-state index in [0.29, 0.717) is 21.0 Å². The molecule has 130 valence electrons. The minimum Gasteiger partial charge on any atom is -0.494 e. The first-order chi connectivity index (χ1) is 12.0. The number of nitrogens with zero attached hydrogens (tertiary/aromatic N) is 1. The second kappa shape index (κ2) is 7.95. The van der Waals surface area contributed by atoms with Gasteiger partial charge in [-0.2, -0.15) is 0 Å². The summed E-state index contributed by atoms with van der Waals surface area (Å²) in [4.78, 5) is 29.0. The van der Waals surface area contributed by atoms with Crippen molar-refractivity contribution in [1.82, 2.24) is 4.98 Å². The third-order valence-corrected chi connectivity index (χ3v) is 5.55. The molecule has 25 heavy (non-hydrogen) atoms. The van der Waals surface area contributed by atoms with Gasteiger partial charge >= 0.3 is 0 Å². The fourth-order valence-corrected chi connectivity index (χ4v) is 4.13. The predicted molar refractivity (Wildman–Crippen MR) is 102 cm³/mol. The van der Waals surface area contributed by atoms with Gasteiger partial charge in [0.25, 0.3) is 0 Å². The summed E-state index contributed by atoms with van der Waals surface area (Å²) in [5.74, 6) is 0.453. The Labute approximate surface area is 157 Å². The lowest BCUT2D eigenvalue weighted by Crippen LogP contribution is -2.12. The molecule has 0 saturated heterocycles. The van der Waals surface area contributed by atoms with Crippen molar-refractivity contribution in [1.29, 1.82) is 0 Å². The highest BCUT2D eigenvalue weighted by molar-refractivity contribution is 7.22. The van der Waals surface area contributed by atoms with Gasteiger partial charge in [0.05, 0.1) is 26.0 Å². The minimum absolute atomic E-state index is 0.0855. The molecule has 1 N–H and O–H groups in total. The molecular formula is C17H15ClN2O3S2. The first-order valence-electron chi connectivity index (χ1n) is 7.67. The Kier molecular flexibility index (Phi) is 5.67. The van der Waals surface area contributed by atoms with Gasteiger partial charge in [-0.15, -0.1) is 11.3 Å². The summed E-state index contributed by atoms with van der Waals surface area (Å²) in [6.45, 7) is 2.52. The summed E-state index contributed by atoms with van der Waals surface area (Å²) >= 11 is 8.41. The average molecular weight is 395 g/mol. The third kappa shape index (κ3) is 4.56. The predicted octanol–water partition coefficient (Wildman–Crippen LogP) is 5.01. The van der Waals surface area contributed by atoms with Gasteiger partial charge in [0.2, 0.25) is 5.91 Å². The number of halogens is 1. The number of hydrogen-bond acceptors (Lipinski definition) is 6. The Morgan fingerprint density at radius 1 is 1.20 bits per heavy atom. The third-order valence-electron chi connectivity index (χ3n) is 3.34. The van der Waals surface area contributed by atoms with E-state index >= 15 is 0 Å². The normalized spacial score (nSPS) is 10.8. The summed E-state index contributed by atoms with van der Waals surface area (Å²) in [6.07, 6.45) is 0.247. The molecule has 5 nitrogen and oxygen atoms in total. The Bertz CT molecular complexity index is 920. The number of anilines is 1. The fourth-order valence-electron chi connectivity index (χ4n) is 2.21. The van der Waals surface area contributed by atoms with Crippen molar-refractivity contribution in [3.8, 4) is 5.75 Å². The van der Waals surface area contributed by atoms with Gasteiger partial charge in [-0.25, -0.2) is 4.98 Å². The van der Waals surface area contributed by atoms with Crippen LogP contribution in [0.1, 0.15) is 29.4 Å². The molecule has 0 atom stereocenters. The molecule has 8 heteroatoms. The molecule has 0 aliphatic carbocycles. The number of benzene rings is 1. The van der Waals surface area contributed by atoms with Gasteiger partial charge in [-0.1, -0.05) is 22.9 Å². The standard InChI is InChI=1S/C17H15ClN2O3S2/c1-2-23-10-3-4-11-14(9-10)25-17(19-11)20-16(22)8-5-12(21)13-6-7-15(18)24-13/h3-4,6-7,9H,2,5,8H2,1H3,(H,19,20,22). The second-order valence-electron chi connectivity index (χ2n) is 5.16. The molecule has 0 radical (unpaired) electrons. The van der Waals surface area contributed by atoms with Gasteiger partial charge in [0, 0.05) is 12.8 Å². The molecule has 3 rings (SSSR count). The van der Waals surface area contributed by atoms with E-state index in [1.165, 1.54) is 22.7 Å². The van der Waals surface area contributed by atoms with Crippen LogP contribution in [0.3, 0.4) is 0 Å². The summed E-state index contributed by atoms with van der Waals surface area (Å²) in [5, 5.41) is 3.26. The molecule has 0 spiro atoms. The van der Waals surface area contributed by atoms with Crippen LogP contribution in [-0.2, 0) is 4.79 Å². The zero-order chi connectivity index (χ0) is 17.8. The van der Waals surface area contributed by atoms with E-state index < -0.39 is 0 Å². The van der Waals surface area contributed by atoms with Crippen molar-refractivity contribution in [3.05, 3.63) is 39.5 Å². The number of Topliss-reactive ketones (excluding diaryl/α,β-unsaturated/α-hetero) is 1. The van der Waals surface area contributed by atoms with Crippen LogP contribution in [0.15, 0.2) is 30.3 Å². The van der Waals surface area contributed by atoms with Crippen LogP contribution in [-0.4, -0.2) is 23.3 Å². The number of carbonyl (C=O) groups excluding carboxylic acids is 2. The molecule has 0 fully saturated rings. The zero-order valence-electron chi connectivity index (χ0n) is 13.4. The van der Waals surface area contributed by atoms with E-state index in [9.17, 15) is 9.59 Å². The number of ether oxygens (including phenoxy) is 1. The van der Waals surface area contributed by atoms with Gasteiger partial charge in [0.15, 0.2) is 10.9 Å². The lowest BCUT2D eigenvalue weighted by molar-refractivity contribution is -0.116. The Balaban J connectivity index is 1.59. The molecule has 1 aromatic carbocycles. The van der Waals surface area contributed by atoms with Crippen LogP contribution >= 0.6 is 34.3 Å². The quantitative estimate of drug-likeness (QED) is 0.572. The Morgan fingerprint density at radius 2 is 2.04 bits per heavy atom. The topological polar surface area (TPSA) is 68.3 Å². The Morgan fingerprint density at radius 3 is 2.76 bits per heavy atom. The van der Waals surface area contributed by atoms with Crippen LogP contribution in [0.2, 0.25) is 4.34 Å². The van der Waals surface area contributed by atoms with E-state index in [-0.39, 0.29) is 24.5 Å². The second-order valence-corrected chi connectivity index (χ2v) is 7.90. The lowest BCUT2D eigenvalue weighted by Gasteiger charge is -2.00. The van der Waals surface area contributed by atoms with Crippen LogP contribution in [0.4, 0.5) is 5.13 Å². The average Bonchev–Trinajstić information content (AvgIpc) is 3.18. The highest BCUT2D eigenvalue weighted by atomic mass is 35.5. The molecule has 0 aliphatic rings. The highest BCUT2D eigenvalue weighted by Crippen LogP contribution is 2.29. The van der Waals surface area contributed by atoms with Gasteiger partial charge in [-0.3, -0.25) is 9.59 Å². The number of ketones is 1. The molecule has 0 unspecified atom stereocenters. The molecule has 2 aromatic heterocycles. The maximum Gasteiger partial charge on any atom is 0.226 e. The van der Waals surface area contributed by atoms with Crippen molar-refractivity contribution in [3.63, 3.8) is 0 Å². The van der Waals surface area contributed by atoms with E-state index in [1.54, 1.807) is 12.1 Å². The van der Waals surface area contributed by atoms with E-state index in [1.807, 2.05) is 25.1 Å². The van der Waals surface area contributed by atoms with Crippen LogP contribution in [0.25, 0.3) is 10.2 Å². The molecule has 0 bridgehead atoms. The number of thiophene rings is 1. The van der Waals surface area contributed by atoms with Crippen molar-refractivity contribution < 1.29 is 14.3 Å². The largest absolute Gasteiger partial charge is 0.494 e. The van der Waals surface area contributed by atoms with Gasteiger partial charge in [0.1, 0.15) is 5.75 Å². The molecule has 3 aromatic rings. The number of rotatable bonds is 7. The fraction of sp³-hybridized carbons (Fsp3) is 0.235. The lowest BCUT2D eigenvalue weighted by atomic mass is 10.2. The number of nitrogens with one attached hydrogen (secondary N) is 1. The number of aromatic nitrogens is 1. The molecular weight excluding hydrogens is 380 g/mol. The number of hydrogen-bond donors (Lipinski definition) is 1. The first kappa shape index (κ1) is 17.8. The molecule has 0 aliphatic heterocycles. The smallest absolute Gasteiger partial charge is 0.226 e. The molecule has 1 amide bonds. The highest BCUT2D eigenvalue weighted by Gasteiger charge is 2.13. The summed E-state index contributed by atoms with van der Waals surface area (Å²) in [6, 6.07) is 8.96. The number of carbonyl (C=O) groups is 2. The van der Waals surface area contributed by atoms with Gasteiger partial charge in [-0.05, 0) is 37.3 Å². The van der Waals surface area contributed by atoms with Crippen molar-refractivity contribution in [2.75, 3.05) is 11.9 Å². The molecule has 0 saturated carbocycles. The van der Waals surface area contributed by atoms with E-state index in [2.05, 4.69) is 10.3 Å². The number of fused-ring (bicyclic) bond motifs is 1. The maximum absolute atomic E-state index is 12.1. The van der Waals surface area contributed by atoms with Crippen molar-refractivity contribution in [2.45, 2.75) is 19.8 Å². The van der Waals surface area contributed by atoms with Crippen molar-refractivity contribution >= 4 is 61.3 Å². The van der Waals surface area contributed by atoms with Gasteiger partial charge < -0.3 is 10.1 Å². The monoisotopic (exact) mass is 394 g/mol. The van der Waals surface area contributed by atoms with Crippen molar-refractivity contribution in [2.24, 2.45) is 0 Å². The zero-order valence-corrected chi connectivity index (χ0v) is 15.8. The summed E-state index contributed by atoms with van der Waals surface area (Å²) in [7, 11) is 0. The van der Waals surface area contributed by atoms with E-state index in [0.717, 1.165) is 16.0 Å². The molecule has 2 heterocycles. The van der Waals surface area contributed by atoms with Crippen LogP contribution in [0, 0.1) is 0 Å². The Hall–Kier alpha value is -1.96. The van der Waals surface area contributed by atoms with Crippen LogP contribution < -0.4 is 10.1 Å². The van der Waals surface area contributed by atoms with E-state index in [4.69, 9.17) is 16.3 Å². The summed E-state index contributed by atoms with van der Waals surface area (Å²) < 4.78 is 6.96. The minimum atomic E-state index is -0.236. The SMILES string of the molecule is CCOc1ccc2nc(NC(=O)CCC(=O)c3ccc(Cl)s3)sc2c1. The first-order valence-corrected chi connectivity index (χ1v) is 9.68. The maximum atomic E-state index is 12.1. The van der Waals surface area contributed by atoms with Crippen LogP contribution in [0.5, 0.6) is 5.75 Å². The number of amides is 1. The number of thiazole rings is 1.